The van der Waals surface area contributed by atoms with E-state index in [1.54, 1.807) is 72.8 Å². The fourth-order valence-electron chi connectivity index (χ4n) is 3.81. The second kappa shape index (κ2) is 10.6. The molecular formula is C24H16BF6NO4PS2. The average Bonchev–Trinajstić information content (AvgIpc) is 2.87. The molecule has 4 aromatic carbocycles. The minimum absolute atomic E-state index is 0.0959. The van der Waals surface area contributed by atoms with E-state index in [1.807, 2.05) is 0 Å². The van der Waals surface area contributed by atoms with Gasteiger partial charge in [-0.05, 0) is 34.6 Å². The summed E-state index contributed by atoms with van der Waals surface area (Å²) in [4.78, 5) is 0. The third kappa shape index (κ3) is 5.56. The second-order valence-corrected chi connectivity index (χ2v) is 14.0. The van der Waals surface area contributed by atoms with Crippen molar-refractivity contribution in [2.75, 3.05) is 0 Å². The van der Waals surface area contributed by atoms with Crippen molar-refractivity contribution < 1.29 is 43.2 Å². The Kier molecular flexibility index (Phi) is 7.88. The summed E-state index contributed by atoms with van der Waals surface area (Å²) in [6.07, 6.45) is 0. The standard InChI is InChI=1S/C24H16BF6NO4PS2/c26-23(27,28)38(33,34)32(39(35,36)24(29,30)31)25-20-15-7-9-17-10-8-16-21(22(17)20)37(18-11-3-1-4-12-18)19-13-5-2-6-14-19/h1-16H. The van der Waals surface area contributed by atoms with Gasteiger partial charge in [-0.25, -0.2) is 16.8 Å². The third-order valence-electron chi connectivity index (χ3n) is 5.49. The zero-order chi connectivity index (χ0) is 28.6. The van der Waals surface area contributed by atoms with Gasteiger partial charge in [0.25, 0.3) is 7.41 Å². The van der Waals surface area contributed by atoms with Crippen LogP contribution in [0.4, 0.5) is 26.3 Å². The molecule has 0 unspecified atom stereocenters. The van der Waals surface area contributed by atoms with Crippen molar-refractivity contribution in [3.8, 4) is 0 Å². The summed E-state index contributed by atoms with van der Waals surface area (Å²) >= 11 is 0. The highest BCUT2D eigenvalue weighted by Crippen LogP contribution is 2.37. The quantitative estimate of drug-likeness (QED) is 0.183. The number of fused-ring (bicyclic) bond motifs is 1. The van der Waals surface area contributed by atoms with Gasteiger partial charge in [0.2, 0.25) is 0 Å². The van der Waals surface area contributed by atoms with Crippen molar-refractivity contribution in [2.24, 2.45) is 0 Å². The first-order valence-electron chi connectivity index (χ1n) is 10.9. The molecule has 4 aromatic rings. The van der Waals surface area contributed by atoms with Crippen LogP contribution in [0.5, 0.6) is 0 Å². The van der Waals surface area contributed by atoms with Gasteiger partial charge in [0.05, 0.1) is 0 Å². The average molecular weight is 602 g/mol. The van der Waals surface area contributed by atoms with Crippen LogP contribution in [0, 0.1) is 0 Å². The molecule has 0 amide bonds. The zero-order valence-electron chi connectivity index (χ0n) is 19.4. The summed E-state index contributed by atoms with van der Waals surface area (Å²) in [5.74, 6) is 0. The molecule has 1 radical (unpaired) electrons. The van der Waals surface area contributed by atoms with Crippen molar-refractivity contribution in [3.05, 3.63) is 97.1 Å². The van der Waals surface area contributed by atoms with E-state index < -0.39 is 48.1 Å². The number of sulfonamides is 2. The number of alkyl halides is 6. The van der Waals surface area contributed by atoms with E-state index in [0.717, 1.165) is 16.7 Å². The molecule has 0 saturated heterocycles. The highest BCUT2D eigenvalue weighted by molar-refractivity contribution is 8.06. The Morgan fingerprint density at radius 1 is 0.590 bits per heavy atom. The van der Waals surface area contributed by atoms with Crippen LogP contribution in [0.15, 0.2) is 97.1 Å². The number of rotatable bonds is 7. The van der Waals surface area contributed by atoms with Gasteiger partial charge in [-0.3, -0.25) is 0 Å². The maximum atomic E-state index is 13.4. The summed E-state index contributed by atoms with van der Waals surface area (Å²) in [6.45, 7) is 0. The smallest absolute Gasteiger partial charge is 0.203 e. The minimum Gasteiger partial charge on any atom is -0.203 e. The first-order valence-corrected chi connectivity index (χ1v) is 15.1. The first kappa shape index (κ1) is 29.1. The van der Waals surface area contributed by atoms with E-state index in [0.29, 0.717) is 10.7 Å². The van der Waals surface area contributed by atoms with E-state index in [9.17, 15) is 43.2 Å². The SMILES string of the molecule is O=S(=O)(N([B]c1cccc2cccc(P(c3ccccc3)c3ccccc3)c12)S(=O)(=O)C(F)(F)F)C(F)(F)F. The van der Waals surface area contributed by atoms with Crippen LogP contribution < -0.4 is 21.4 Å². The van der Waals surface area contributed by atoms with Crippen LogP contribution >= 0.6 is 7.92 Å². The molecule has 0 aliphatic rings. The fraction of sp³-hybridized carbons (Fsp3) is 0.0833. The van der Waals surface area contributed by atoms with Gasteiger partial charge in [-0.15, -0.1) is 3.62 Å². The molecule has 203 valence electrons. The van der Waals surface area contributed by atoms with Crippen molar-refractivity contribution in [1.29, 1.82) is 0 Å². The van der Waals surface area contributed by atoms with E-state index in [-0.39, 0.29) is 12.8 Å². The van der Waals surface area contributed by atoms with Crippen LogP contribution in [0.25, 0.3) is 10.8 Å². The lowest BCUT2D eigenvalue weighted by Crippen LogP contribution is -2.53. The van der Waals surface area contributed by atoms with Gasteiger partial charge in [0.1, 0.15) is 0 Å². The molecule has 5 nitrogen and oxygen atoms in total. The molecule has 0 bridgehead atoms. The number of benzene rings is 4. The molecular weight excluding hydrogens is 586 g/mol. The predicted octanol–water partition coefficient (Wildman–Crippen LogP) is 3.84. The van der Waals surface area contributed by atoms with Crippen LogP contribution in [0.3, 0.4) is 0 Å². The lowest BCUT2D eigenvalue weighted by Gasteiger charge is -2.26. The Labute approximate surface area is 222 Å². The topological polar surface area (TPSA) is 71.5 Å². The molecule has 0 heterocycles. The van der Waals surface area contributed by atoms with Gasteiger partial charge in [0, 0.05) is 0 Å². The molecule has 0 spiro atoms. The third-order valence-corrected chi connectivity index (χ3v) is 11.5. The summed E-state index contributed by atoms with van der Waals surface area (Å²) < 4.78 is 127. The summed E-state index contributed by atoms with van der Waals surface area (Å²) in [5.41, 5.74) is -13.1. The molecule has 0 saturated carbocycles. The normalized spacial score (nSPS) is 13.2. The highest BCUT2D eigenvalue weighted by atomic mass is 32.3. The van der Waals surface area contributed by atoms with Crippen LogP contribution in [-0.4, -0.2) is 38.9 Å². The maximum absolute atomic E-state index is 13.4. The summed E-state index contributed by atoms with van der Waals surface area (Å²) in [7, 11) is -15.6. The zero-order valence-corrected chi connectivity index (χ0v) is 22.0. The van der Waals surface area contributed by atoms with Crippen molar-refractivity contribution in [3.63, 3.8) is 0 Å². The Balaban J connectivity index is 2.01. The minimum atomic E-state index is -7.01. The molecule has 0 atom stereocenters. The lowest BCUT2D eigenvalue weighted by molar-refractivity contribution is -0.0507. The number of nitrogens with zero attached hydrogens (tertiary/aromatic N) is 1. The van der Waals surface area contributed by atoms with Crippen molar-refractivity contribution >= 4 is 67.5 Å². The van der Waals surface area contributed by atoms with Gasteiger partial charge in [0.15, 0.2) is 0 Å². The monoisotopic (exact) mass is 602 g/mol. The Morgan fingerprint density at radius 2 is 1.03 bits per heavy atom. The van der Waals surface area contributed by atoms with E-state index in [1.165, 1.54) is 18.2 Å². The van der Waals surface area contributed by atoms with Crippen LogP contribution in [0.2, 0.25) is 0 Å². The lowest BCUT2D eigenvalue weighted by atomic mass is 9.81. The van der Waals surface area contributed by atoms with Gasteiger partial charge >= 0.3 is 31.1 Å². The van der Waals surface area contributed by atoms with Gasteiger partial charge in [-0.1, -0.05) is 103 Å². The predicted molar refractivity (Wildman–Crippen MR) is 140 cm³/mol. The maximum Gasteiger partial charge on any atom is 0.511 e. The molecule has 0 aliphatic heterocycles. The summed E-state index contributed by atoms with van der Waals surface area (Å²) in [5, 5.41) is 2.46. The Morgan fingerprint density at radius 3 is 1.46 bits per heavy atom. The molecule has 39 heavy (non-hydrogen) atoms. The Bertz CT molecular complexity index is 1610. The van der Waals surface area contributed by atoms with Crippen LogP contribution in [-0.2, 0) is 20.0 Å². The first-order chi connectivity index (χ1) is 18.2. The van der Waals surface area contributed by atoms with E-state index in [4.69, 9.17) is 0 Å². The molecule has 0 aromatic heterocycles. The largest absolute Gasteiger partial charge is 0.511 e. The van der Waals surface area contributed by atoms with Gasteiger partial charge < -0.3 is 0 Å². The van der Waals surface area contributed by atoms with E-state index in [2.05, 4.69) is 0 Å². The Hall–Kier alpha value is -2.93. The highest BCUT2D eigenvalue weighted by Gasteiger charge is 2.61. The van der Waals surface area contributed by atoms with Crippen molar-refractivity contribution in [2.45, 2.75) is 11.0 Å². The number of hydrogen-bond acceptors (Lipinski definition) is 4. The van der Waals surface area contributed by atoms with E-state index >= 15 is 0 Å². The van der Waals surface area contributed by atoms with Crippen molar-refractivity contribution in [1.82, 2.24) is 3.62 Å². The summed E-state index contributed by atoms with van der Waals surface area (Å²) in [6, 6.07) is 26.4. The van der Waals surface area contributed by atoms with Crippen LogP contribution in [0.1, 0.15) is 0 Å². The molecule has 4 rings (SSSR count). The molecule has 0 aliphatic carbocycles. The molecule has 15 heteroatoms. The second-order valence-electron chi connectivity index (χ2n) is 7.99. The number of hydrogen-bond donors (Lipinski definition) is 0. The molecule has 0 N–H and O–H groups in total. The fourth-order valence-corrected chi connectivity index (χ4v) is 8.78. The van der Waals surface area contributed by atoms with Gasteiger partial charge in [-0.2, -0.15) is 26.3 Å². The molecule has 0 fully saturated rings. The number of halogens is 6.